The highest BCUT2D eigenvalue weighted by atomic mass is 16.3. The minimum atomic E-state index is -0.326. The van der Waals surface area contributed by atoms with Gasteiger partial charge in [0.2, 0.25) is 6.71 Å². The summed E-state index contributed by atoms with van der Waals surface area (Å²) >= 11 is 0. The minimum Gasteiger partial charge on any atom is -0.507 e. The molecule has 358 valence electrons. The fourth-order valence-electron chi connectivity index (χ4n) is 11.0. The lowest BCUT2D eigenvalue weighted by molar-refractivity contribution is 0.446. The Kier molecular flexibility index (Phi) is 12.7. The molecule has 9 rings (SSSR count). The van der Waals surface area contributed by atoms with Gasteiger partial charge in [0.1, 0.15) is 11.6 Å². The molecule has 0 fully saturated rings. The van der Waals surface area contributed by atoms with Crippen molar-refractivity contribution in [2.24, 2.45) is 0 Å². The van der Waals surface area contributed by atoms with Gasteiger partial charge in [-0.1, -0.05) is 209 Å². The molecule has 0 saturated heterocycles. The maximum absolute atomic E-state index is 12.6. The standard InChI is InChI=1S/C66H70BN3O/c1-40-31-42(3)59(43(4)32-40)67(60-44(5)33-41(2)34-45(60)6)51-29-30-68-56(39-51)48-24-19-23-47(35-48)52-25-20-26-58-61(52)69-63(54-37-50(65(10,11)12)38-55(62(54)71)66(13,14)15)70(58)57-28-27-49(64(7,8)9)36-53(57)46-21-17-16-18-22-46/h16-39,71H,1-15H3. The van der Waals surface area contributed by atoms with Gasteiger partial charge in [-0.2, -0.15) is 0 Å². The molecule has 4 nitrogen and oxygen atoms in total. The van der Waals surface area contributed by atoms with Crippen molar-refractivity contribution in [2.75, 3.05) is 0 Å². The quantitative estimate of drug-likeness (QED) is 0.154. The summed E-state index contributed by atoms with van der Waals surface area (Å²) in [5.74, 6) is 0.955. The number of benzene rings is 7. The second-order valence-corrected chi connectivity index (χ2v) is 23.3. The Bertz CT molecular complexity index is 3400. The molecule has 0 unspecified atom stereocenters. The molecule has 0 amide bonds. The van der Waals surface area contributed by atoms with E-state index in [9.17, 15) is 5.11 Å². The smallest absolute Gasteiger partial charge is 0.242 e. The molecule has 0 spiro atoms. The molecular formula is C66H70BN3O. The highest BCUT2D eigenvalue weighted by Gasteiger charge is 2.31. The van der Waals surface area contributed by atoms with Gasteiger partial charge in [-0.05, 0) is 123 Å². The van der Waals surface area contributed by atoms with Gasteiger partial charge >= 0.3 is 0 Å². The molecule has 7 aromatic carbocycles. The average molecular weight is 932 g/mol. The normalized spacial score (nSPS) is 12.2. The van der Waals surface area contributed by atoms with Crippen LogP contribution in [0.4, 0.5) is 0 Å². The van der Waals surface area contributed by atoms with E-state index in [4.69, 9.17) is 9.97 Å². The van der Waals surface area contributed by atoms with E-state index in [1.807, 2.05) is 6.20 Å². The van der Waals surface area contributed by atoms with Crippen LogP contribution in [0.15, 0.2) is 146 Å². The van der Waals surface area contributed by atoms with E-state index >= 15 is 0 Å². The largest absolute Gasteiger partial charge is 0.507 e. The van der Waals surface area contributed by atoms with Crippen LogP contribution in [0, 0.1) is 41.5 Å². The first kappa shape index (κ1) is 49.0. The molecule has 5 heteroatoms. The molecule has 0 radical (unpaired) electrons. The van der Waals surface area contributed by atoms with Gasteiger partial charge in [-0.15, -0.1) is 0 Å². The summed E-state index contributed by atoms with van der Waals surface area (Å²) in [5, 5.41) is 12.6. The SMILES string of the molecule is Cc1cc(C)c(B(c2ccnc(-c3cccc(-c4cccc5c4nc(-c4cc(C(C)(C)C)cc(C(C)(C)C)c4O)n5-c4ccc(C(C)(C)C)cc4-c4ccccc4)c3)c2)c2c(C)cc(C)cc2C)c(C)c1. The first-order valence-corrected chi connectivity index (χ1v) is 25.3. The maximum atomic E-state index is 12.6. The summed E-state index contributed by atoms with van der Waals surface area (Å²) in [4.78, 5) is 10.8. The first-order chi connectivity index (χ1) is 33.5. The van der Waals surface area contributed by atoms with Gasteiger partial charge in [0.25, 0.3) is 0 Å². The third kappa shape index (κ3) is 9.40. The Labute approximate surface area is 424 Å². The Balaban J connectivity index is 1.28. The Morgan fingerprint density at radius 1 is 0.479 bits per heavy atom. The zero-order chi connectivity index (χ0) is 50.9. The van der Waals surface area contributed by atoms with Crippen molar-refractivity contribution in [1.29, 1.82) is 0 Å². The lowest BCUT2D eigenvalue weighted by Crippen LogP contribution is -2.55. The zero-order valence-corrected chi connectivity index (χ0v) is 44.7. The van der Waals surface area contributed by atoms with Crippen LogP contribution in [-0.2, 0) is 16.2 Å². The molecular weight excluding hydrogens is 862 g/mol. The van der Waals surface area contributed by atoms with Crippen molar-refractivity contribution in [1.82, 2.24) is 14.5 Å². The number of hydrogen-bond donors (Lipinski definition) is 1. The number of hydrogen-bond acceptors (Lipinski definition) is 3. The van der Waals surface area contributed by atoms with Crippen LogP contribution in [0.3, 0.4) is 0 Å². The number of fused-ring (bicyclic) bond motifs is 1. The van der Waals surface area contributed by atoms with E-state index < -0.39 is 0 Å². The number of phenols is 1. The van der Waals surface area contributed by atoms with Crippen LogP contribution >= 0.6 is 0 Å². The summed E-state index contributed by atoms with van der Waals surface area (Å²) in [5.41, 5.74) is 24.1. The lowest BCUT2D eigenvalue weighted by atomic mass is 9.34. The second-order valence-electron chi connectivity index (χ2n) is 23.3. The second kappa shape index (κ2) is 18.3. The minimum absolute atomic E-state index is 0.0301. The van der Waals surface area contributed by atoms with Crippen LogP contribution in [0.5, 0.6) is 5.75 Å². The number of aromatic nitrogens is 3. The number of para-hydroxylation sites is 1. The van der Waals surface area contributed by atoms with E-state index in [0.717, 1.165) is 61.4 Å². The van der Waals surface area contributed by atoms with Gasteiger partial charge in [0.15, 0.2) is 0 Å². The van der Waals surface area contributed by atoms with Crippen LogP contribution < -0.4 is 16.4 Å². The van der Waals surface area contributed by atoms with E-state index in [0.29, 0.717) is 11.4 Å². The third-order valence-corrected chi connectivity index (χ3v) is 14.5. The predicted molar refractivity (Wildman–Crippen MR) is 304 cm³/mol. The fourth-order valence-corrected chi connectivity index (χ4v) is 11.0. The molecule has 0 aliphatic carbocycles. The fraction of sp³-hybridized carbons (Fsp3) is 0.273. The number of rotatable bonds is 8. The Hall–Kier alpha value is -6.98. The van der Waals surface area contributed by atoms with E-state index in [-0.39, 0.29) is 28.7 Å². The van der Waals surface area contributed by atoms with Gasteiger partial charge < -0.3 is 5.11 Å². The van der Waals surface area contributed by atoms with Crippen LogP contribution in [-0.4, -0.2) is 26.4 Å². The summed E-state index contributed by atoms with van der Waals surface area (Å²) in [6.07, 6.45) is 1.98. The van der Waals surface area contributed by atoms with Crippen LogP contribution in [0.2, 0.25) is 0 Å². The lowest BCUT2D eigenvalue weighted by Gasteiger charge is -2.28. The first-order valence-electron chi connectivity index (χ1n) is 25.3. The van der Waals surface area contributed by atoms with Gasteiger partial charge in [0.05, 0.1) is 28.0 Å². The summed E-state index contributed by atoms with van der Waals surface area (Å²) < 4.78 is 2.29. The van der Waals surface area contributed by atoms with Crippen molar-refractivity contribution < 1.29 is 5.11 Å². The van der Waals surface area contributed by atoms with E-state index in [1.165, 1.54) is 55.3 Å². The monoisotopic (exact) mass is 932 g/mol. The van der Waals surface area contributed by atoms with Crippen molar-refractivity contribution in [2.45, 2.75) is 120 Å². The number of nitrogens with zero attached hydrogens (tertiary/aromatic N) is 3. The highest BCUT2D eigenvalue weighted by molar-refractivity contribution is 6.96. The molecule has 0 saturated carbocycles. The number of phenolic OH excluding ortho intramolecular Hbond substituents is 1. The topological polar surface area (TPSA) is 50.9 Å². The molecule has 9 aromatic rings. The van der Waals surface area contributed by atoms with Gasteiger partial charge in [0, 0.05) is 28.5 Å². The molecule has 0 atom stereocenters. The van der Waals surface area contributed by atoms with Gasteiger partial charge in [-0.3, -0.25) is 9.55 Å². The Morgan fingerprint density at radius 2 is 1.04 bits per heavy atom. The molecule has 71 heavy (non-hydrogen) atoms. The van der Waals surface area contributed by atoms with Crippen molar-refractivity contribution in [3.63, 3.8) is 0 Å². The number of aromatic hydroxyl groups is 1. The van der Waals surface area contributed by atoms with Crippen LogP contribution in [0.25, 0.3) is 61.6 Å². The van der Waals surface area contributed by atoms with Crippen molar-refractivity contribution in [3.8, 4) is 56.3 Å². The predicted octanol–water partition coefficient (Wildman–Crippen LogP) is 15.1. The molecule has 0 aliphatic heterocycles. The zero-order valence-electron chi connectivity index (χ0n) is 44.7. The molecule has 2 heterocycles. The van der Waals surface area contributed by atoms with E-state index in [2.05, 4.69) is 248 Å². The summed E-state index contributed by atoms with van der Waals surface area (Å²) in [7, 11) is 0. The summed E-state index contributed by atoms with van der Waals surface area (Å²) in [6, 6.07) is 50.9. The third-order valence-electron chi connectivity index (χ3n) is 14.5. The molecule has 0 aliphatic rings. The summed E-state index contributed by atoms with van der Waals surface area (Å²) in [6.45, 7) is 33.5. The maximum Gasteiger partial charge on any atom is 0.242 e. The number of imidazole rings is 1. The van der Waals surface area contributed by atoms with E-state index in [1.54, 1.807) is 0 Å². The molecule has 0 bridgehead atoms. The number of aryl methyl sites for hydroxylation is 6. The highest BCUT2D eigenvalue weighted by Crippen LogP contribution is 2.46. The average Bonchev–Trinajstić information content (AvgIpc) is 3.69. The van der Waals surface area contributed by atoms with Gasteiger partial charge in [-0.25, -0.2) is 4.98 Å². The van der Waals surface area contributed by atoms with Crippen molar-refractivity contribution in [3.05, 3.63) is 196 Å². The Morgan fingerprint density at radius 3 is 1.63 bits per heavy atom. The molecule has 2 aromatic heterocycles. The van der Waals surface area contributed by atoms with Crippen LogP contribution in [0.1, 0.15) is 112 Å². The molecule has 1 N–H and O–H groups in total. The number of pyridine rings is 1. The van der Waals surface area contributed by atoms with Crippen molar-refractivity contribution >= 4 is 34.1 Å².